The SMILES string of the molecule is C1On2[nH]c3[n+]2N=C13. The number of nitrogens with zero attached hydrogens (tertiary/aromatic N) is 3. The molecule has 0 aliphatic carbocycles. The predicted octanol–water partition coefficient (Wildman–Crippen LogP) is -1.89. The lowest BCUT2D eigenvalue weighted by Crippen LogP contribution is -2.70. The average molecular weight is 111 g/mol. The third kappa shape index (κ3) is 0.118. The maximum absolute atomic E-state index is 5.00. The monoisotopic (exact) mass is 111 g/mol. The molecule has 5 rings (SSSR count). The molecule has 0 saturated carbocycles. The van der Waals surface area contributed by atoms with Gasteiger partial charge in [0.2, 0.25) is 0 Å². The van der Waals surface area contributed by atoms with Crippen LogP contribution in [0.2, 0.25) is 0 Å². The van der Waals surface area contributed by atoms with Crippen LogP contribution in [0.5, 0.6) is 0 Å². The number of aromatic nitrogens is 3. The molecule has 4 bridgehead atoms. The Bertz CT molecular complexity index is 280. The van der Waals surface area contributed by atoms with E-state index >= 15 is 0 Å². The van der Waals surface area contributed by atoms with Gasteiger partial charge in [-0.1, -0.05) is 5.10 Å². The van der Waals surface area contributed by atoms with Crippen molar-refractivity contribution in [3.63, 3.8) is 0 Å². The molecule has 0 aromatic carbocycles. The number of H-pyrrole nitrogens is 1. The second kappa shape index (κ2) is 0.594. The summed E-state index contributed by atoms with van der Waals surface area (Å²) in [6, 6.07) is 0. The van der Waals surface area contributed by atoms with Gasteiger partial charge >= 0.3 is 5.82 Å². The van der Waals surface area contributed by atoms with Gasteiger partial charge in [0.15, 0.2) is 12.3 Å². The average Bonchev–Trinajstić information content (AvgIpc) is 1.84. The molecule has 5 heteroatoms. The Morgan fingerprint density at radius 3 is 3.00 bits per heavy atom. The molecule has 0 saturated heterocycles. The van der Waals surface area contributed by atoms with Gasteiger partial charge in [0.25, 0.3) is 0 Å². The lowest BCUT2D eigenvalue weighted by molar-refractivity contribution is -0.843. The molecule has 5 heterocycles. The largest absolute Gasteiger partial charge is 0.356 e. The molecule has 0 radical (unpaired) electrons. The number of hydrogen-bond acceptors (Lipinski definition) is 2. The van der Waals surface area contributed by atoms with Crippen molar-refractivity contribution < 1.29 is 9.63 Å². The quantitative estimate of drug-likeness (QED) is 0.391. The minimum atomic E-state index is 0.624. The van der Waals surface area contributed by atoms with Crippen molar-refractivity contribution in [1.82, 2.24) is 10.1 Å². The first-order valence-electron chi connectivity index (χ1n) is 2.40. The lowest BCUT2D eigenvalue weighted by Gasteiger charge is -2.26. The van der Waals surface area contributed by atoms with Gasteiger partial charge in [-0.3, -0.25) is 0 Å². The van der Waals surface area contributed by atoms with Crippen molar-refractivity contribution in [2.75, 3.05) is 6.61 Å². The first kappa shape index (κ1) is 2.91. The van der Waals surface area contributed by atoms with Gasteiger partial charge in [0.1, 0.15) is 0 Å². The topological polar surface area (TPSA) is 46.2 Å². The van der Waals surface area contributed by atoms with Crippen LogP contribution in [0.1, 0.15) is 5.82 Å². The summed E-state index contributed by atoms with van der Waals surface area (Å²) in [5.74, 6) is 1.09. The summed E-state index contributed by atoms with van der Waals surface area (Å²) in [7, 11) is 0. The molecule has 8 heavy (non-hydrogen) atoms. The van der Waals surface area contributed by atoms with Crippen LogP contribution in [-0.2, 0) is 0 Å². The van der Waals surface area contributed by atoms with E-state index in [1.54, 1.807) is 4.79 Å². The van der Waals surface area contributed by atoms with Crippen LogP contribution in [0.25, 0.3) is 0 Å². The van der Waals surface area contributed by atoms with Crippen LogP contribution in [0, 0.1) is 0 Å². The van der Waals surface area contributed by atoms with Gasteiger partial charge in [-0.15, -0.1) is 5.10 Å². The summed E-state index contributed by atoms with van der Waals surface area (Å²) >= 11 is 0. The third-order valence-electron chi connectivity index (χ3n) is 1.39. The lowest BCUT2D eigenvalue weighted by atomic mass is 10.3. The Balaban J connectivity index is 2.43. The van der Waals surface area contributed by atoms with Crippen LogP contribution in [0.4, 0.5) is 0 Å². The fourth-order valence-electron chi connectivity index (χ4n) is 0.923. The minimum Gasteiger partial charge on any atom is -0.356 e. The molecule has 0 unspecified atom stereocenters. The van der Waals surface area contributed by atoms with Crippen molar-refractivity contribution >= 4 is 5.71 Å². The zero-order valence-corrected chi connectivity index (χ0v) is 3.96. The van der Waals surface area contributed by atoms with Crippen LogP contribution in [-0.4, -0.2) is 22.4 Å². The molecule has 0 amide bonds. The van der Waals surface area contributed by atoms with E-state index in [0.717, 1.165) is 11.5 Å². The van der Waals surface area contributed by atoms with Crippen LogP contribution >= 0.6 is 0 Å². The minimum absolute atomic E-state index is 0.624. The molecular weight excluding hydrogens is 108 g/mol. The molecule has 0 atom stereocenters. The Morgan fingerprint density at radius 2 is 2.88 bits per heavy atom. The highest BCUT2D eigenvalue weighted by molar-refractivity contribution is 5.99. The Morgan fingerprint density at radius 1 is 1.88 bits per heavy atom. The van der Waals surface area contributed by atoms with Gasteiger partial charge < -0.3 is 4.84 Å². The maximum atomic E-state index is 5.00. The second-order valence-electron chi connectivity index (χ2n) is 1.84. The highest BCUT2D eigenvalue weighted by atomic mass is 16.7. The number of aromatic amines is 1. The zero-order valence-electron chi connectivity index (χ0n) is 3.96. The molecule has 4 aliphatic rings. The van der Waals surface area contributed by atoms with E-state index in [0.29, 0.717) is 6.61 Å². The summed E-state index contributed by atoms with van der Waals surface area (Å²) in [5.41, 5.74) is 1.02. The molecule has 1 aromatic rings. The van der Waals surface area contributed by atoms with E-state index in [2.05, 4.69) is 10.2 Å². The highest BCUT2D eigenvalue weighted by Gasteiger charge is 2.40. The molecule has 5 nitrogen and oxygen atoms in total. The first-order chi connectivity index (χ1) is 3.95. The summed E-state index contributed by atoms with van der Waals surface area (Å²) in [5, 5.41) is 6.91. The highest BCUT2D eigenvalue weighted by Crippen LogP contribution is 2.05. The van der Waals surface area contributed by atoms with E-state index in [9.17, 15) is 0 Å². The molecular formula is C3H3N4O+. The van der Waals surface area contributed by atoms with E-state index in [1.165, 1.54) is 4.96 Å². The fourth-order valence-corrected chi connectivity index (χ4v) is 0.923. The molecule has 1 aromatic heterocycles. The van der Waals surface area contributed by atoms with Crippen molar-refractivity contribution in [3.05, 3.63) is 5.82 Å². The standard InChI is InChI=1S/C3H2N4O/c1-2-3-5-7(8-1)6(3)4-2/h1H2/p+1. The van der Waals surface area contributed by atoms with Crippen LogP contribution in [0.15, 0.2) is 5.10 Å². The van der Waals surface area contributed by atoms with E-state index in [-0.39, 0.29) is 0 Å². The molecule has 4 aliphatic heterocycles. The van der Waals surface area contributed by atoms with Gasteiger partial charge in [-0.25, -0.2) is 0 Å². The molecule has 40 valence electrons. The molecule has 1 N–H and O–H groups in total. The number of rotatable bonds is 0. The summed E-state index contributed by atoms with van der Waals surface area (Å²) in [4.78, 5) is 8.18. The van der Waals surface area contributed by atoms with E-state index < -0.39 is 0 Å². The Labute approximate surface area is 44.1 Å². The van der Waals surface area contributed by atoms with Gasteiger partial charge in [-0.05, 0) is 0 Å². The summed E-state index contributed by atoms with van der Waals surface area (Å²) < 4.78 is 0. The fraction of sp³-hybridized carbons (Fsp3) is 0.333. The van der Waals surface area contributed by atoms with E-state index in [4.69, 9.17) is 4.84 Å². The van der Waals surface area contributed by atoms with Crippen LogP contribution in [0.3, 0.4) is 0 Å². The normalized spacial score (nSPS) is 19.2. The van der Waals surface area contributed by atoms with Gasteiger partial charge in [0, 0.05) is 4.79 Å². The first-order valence-corrected chi connectivity index (χ1v) is 2.40. The Hall–Kier alpha value is -1.26. The van der Waals surface area contributed by atoms with Gasteiger partial charge in [0.05, 0.1) is 4.96 Å². The summed E-state index contributed by atoms with van der Waals surface area (Å²) in [6.45, 7) is 0.624. The maximum Gasteiger partial charge on any atom is 0.324 e. The van der Waals surface area contributed by atoms with Crippen molar-refractivity contribution in [1.29, 1.82) is 0 Å². The van der Waals surface area contributed by atoms with E-state index in [1.807, 2.05) is 0 Å². The zero-order chi connectivity index (χ0) is 5.14. The molecule has 0 spiro atoms. The third-order valence-corrected chi connectivity index (χ3v) is 1.39. The van der Waals surface area contributed by atoms with Crippen molar-refractivity contribution in [2.45, 2.75) is 0 Å². The molecule has 0 fully saturated rings. The number of nitrogens with one attached hydrogen (secondary N) is 1. The van der Waals surface area contributed by atoms with Gasteiger partial charge in [-0.2, -0.15) is 0 Å². The second-order valence-corrected chi connectivity index (χ2v) is 1.84. The van der Waals surface area contributed by atoms with Crippen molar-refractivity contribution in [3.8, 4) is 0 Å². The van der Waals surface area contributed by atoms with Crippen LogP contribution < -0.4 is 9.63 Å². The smallest absolute Gasteiger partial charge is 0.324 e. The number of hydrogen-bond donors (Lipinski definition) is 1. The predicted molar refractivity (Wildman–Crippen MR) is 22.4 cm³/mol. The Kier molecular flexibility index (Phi) is 0.216. The summed E-state index contributed by atoms with van der Waals surface area (Å²) in [6.07, 6.45) is 0. The van der Waals surface area contributed by atoms with Crippen molar-refractivity contribution in [2.24, 2.45) is 5.10 Å².